The summed E-state index contributed by atoms with van der Waals surface area (Å²) >= 11 is 11.6. The third-order valence-corrected chi connectivity index (χ3v) is 5.91. The molecular formula is C13H5Cl2F6N5O3S. The molecule has 0 aliphatic carbocycles. The molecule has 0 spiro atoms. The van der Waals surface area contributed by atoms with Crippen LogP contribution in [0.15, 0.2) is 21.9 Å². The lowest BCUT2D eigenvalue weighted by Gasteiger charge is -2.16. The van der Waals surface area contributed by atoms with E-state index in [9.17, 15) is 34.8 Å². The summed E-state index contributed by atoms with van der Waals surface area (Å²) in [6.07, 6.45) is -4.32. The fourth-order valence-electron chi connectivity index (χ4n) is 2.40. The second-order valence-electron chi connectivity index (χ2n) is 5.49. The van der Waals surface area contributed by atoms with Crippen molar-refractivity contribution in [1.82, 2.24) is 20.3 Å². The third kappa shape index (κ3) is 3.45. The van der Waals surface area contributed by atoms with Crippen molar-refractivity contribution >= 4 is 38.7 Å². The predicted octanol–water partition coefficient (Wildman–Crippen LogP) is 4.33. The maximum Gasteiger partial charge on any atom is 0.502 e. The number of sulfone groups is 1. The largest absolute Gasteiger partial charge is 0.502 e. The fourth-order valence-corrected chi connectivity index (χ4v) is 4.09. The number of anilines is 1. The molecule has 0 atom stereocenters. The molecule has 0 aliphatic heterocycles. The van der Waals surface area contributed by atoms with Crippen molar-refractivity contribution in [2.45, 2.75) is 16.6 Å². The zero-order chi connectivity index (χ0) is 22.6. The van der Waals surface area contributed by atoms with E-state index in [1.165, 1.54) is 0 Å². The molecule has 17 heteroatoms. The molecule has 0 bridgehead atoms. The molecule has 3 N–H and O–H groups in total. The van der Waals surface area contributed by atoms with Gasteiger partial charge < -0.3 is 10.3 Å². The Labute approximate surface area is 171 Å². The Balaban J connectivity index is 2.41. The predicted molar refractivity (Wildman–Crippen MR) is 90.0 cm³/mol. The molecule has 2 heterocycles. The second kappa shape index (κ2) is 7.02. The highest BCUT2D eigenvalue weighted by Gasteiger charge is 2.51. The van der Waals surface area contributed by atoms with E-state index >= 15 is 0 Å². The van der Waals surface area contributed by atoms with Gasteiger partial charge in [0.05, 0.1) is 27.0 Å². The summed E-state index contributed by atoms with van der Waals surface area (Å²) in [5, 5.41) is 6.82. The van der Waals surface area contributed by atoms with Crippen LogP contribution < -0.4 is 5.73 Å². The molecule has 0 aliphatic rings. The number of H-pyrrole nitrogens is 1. The molecule has 162 valence electrons. The summed E-state index contributed by atoms with van der Waals surface area (Å²) in [5.41, 5.74) is -5.68. The van der Waals surface area contributed by atoms with Gasteiger partial charge in [0.1, 0.15) is 4.90 Å². The molecule has 8 nitrogen and oxygen atoms in total. The Hall–Kier alpha value is -2.52. The number of rotatable bonds is 3. The summed E-state index contributed by atoms with van der Waals surface area (Å²) in [6.45, 7) is 0. The number of hydrogen-bond acceptors (Lipinski definition) is 7. The van der Waals surface area contributed by atoms with E-state index in [0.29, 0.717) is 6.39 Å². The highest BCUT2D eigenvalue weighted by molar-refractivity contribution is 7.92. The summed E-state index contributed by atoms with van der Waals surface area (Å²) in [5.74, 6) is -0.660. The SMILES string of the molecule is Nc1c(C(F)(F)F)cc(Cl)c(-c2[nH]nc(-c3ncon3)c2S(=O)(=O)C(F)(F)F)c1Cl. The van der Waals surface area contributed by atoms with Crippen molar-refractivity contribution in [2.24, 2.45) is 0 Å². The summed E-state index contributed by atoms with van der Waals surface area (Å²) < 4.78 is 108. The van der Waals surface area contributed by atoms with Crippen molar-refractivity contribution in [3.8, 4) is 22.8 Å². The minimum Gasteiger partial charge on any atom is -0.397 e. The average Bonchev–Trinajstić information content (AvgIpc) is 3.25. The molecule has 2 aromatic heterocycles. The quantitative estimate of drug-likeness (QED) is 0.408. The third-order valence-electron chi connectivity index (χ3n) is 3.68. The van der Waals surface area contributed by atoms with Crippen molar-refractivity contribution in [3.63, 3.8) is 0 Å². The highest BCUT2D eigenvalue weighted by Crippen LogP contribution is 2.48. The number of aromatic nitrogens is 4. The standard InChI is InChI=1S/C13H5Cl2F6N5O3S/c14-4-1-3(12(16,17)18)7(22)6(15)5(4)8-10(30(27,28)13(19,20)21)9(25-24-8)11-23-2-29-26-11/h1-2H,22H2,(H,24,25). The van der Waals surface area contributed by atoms with Crippen LogP contribution in [-0.2, 0) is 16.0 Å². The number of nitrogens with one attached hydrogen (secondary N) is 1. The number of benzene rings is 1. The van der Waals surface area contributed by atoms with Crippen LogP contribution >= 0.6 is 23.2 Å². The Kier molecular flexibility index (Phi) is 5.19. The monoisotopic (exact) mass is 495 g/mol. The molecule has 0 amide bonds. The molecule has 1 aromatic carbocycles. The molecule has 3 aromatic rings. The number of nitrogens with two attached hydrogens (primary N) is 1. The van der Waals surface area contributed by atoms with Gasteiger partial charge in [-0.15, -0.1) is 0 Å². The summed E-state index contributed by atoms with van der Waals surface area (Å²) in [4.78, 5) is 1.90. The molecule has 0 saturated heterocycles. The van der Waals surface area contributed by atoms with Gasteiger partial charge in [-0.3, -0.25) is 5.10 Å². The minimum atomic E-state index is -6.15. The first kappa shape index (κ1) is 22.2. The molecule has 3 rings (SSSR count). The lowest BCUT2D eigenvalue weighted by atomic mass is 10.1. The first-order chi connectivity index (χ1) is 13.7. The Morgan fingerprint density at radius 2 is 1.77 bits per heavy atom. The van der Waals surface area contributed by atoms with Crippen LogP contribution in [0.1, 0.15) is 5.56 Å². The van der Waals surface area contributed by atoms with E-state index in [-0.39, 0.29) is 6.07 Å². The highest BCUT2D eigenvalue weighted by atomic mass is 35.5. The summed E-state index contributed by atoms with van der Waals surface area (Å²) in [6, 6.07) is 0.289. The Morgan fingerprint density at radius 1 is 1.13 bits per heavy atom. The van der Waals surface area contributed by atoms with Crippen LogP contribution in [0.5, 0.6) is 0 Å². The van der Waals surface area contributed by atoms with E-state index in [2.05, 4.69) is 19.8 Å². The van der Waals surface area contributed by atoms with Crippen LogP contribution in [0, 0.1) is 0 Å². The Morgan fingerprint density at radius 3 is 2.27 bits per heavy atom. The van der Waals surface area contributed by atoms with Crippen molar-refractivity contribution in [3.05, 3.63) is 28.1 Å². The topological polar surface area (TPSA) is 128 Å². The molecule has 30 heavy (non-hydrogen) atoms. The van der Waals surface area contributed by atoms with Gasteiger partial charge in [0.15, 0.2) is 5.69 Å². The Bertz CT molecular complexity index is 1220. The van der Waals surface area contributed by atoms with E-state index in [4.69, 9.17) is 28.9 Å². The first-order valence-electron chi connectivity index (χ1n) is 7.19. The molecule has 0 radical (unpaired) electrons. The van der Waals surface area contributed by atoms with Gasteiger partial charge in [0, 0.05) is 5.56 Å². The van der Waals surface area contributed by atoms with Crippen LogP contribution in [0.2, 0.25) is 10.0 Å². The number of nitrogen functional groups attached to an aromatic ring is 1. The molecule has 0 unspecified atom stereocenters. The normalized spacial score (nSPS) is 13.1. The zero-order valence-electron chi connectivity index (χ0n) is 13.7. The van der Waals surface area contributed by atoms with Gasteiger partial charge >= 0.3 is 11.7 Å². The van der Waals surface area contributed by atoms with Crippen molar-refractivity contribution in [2.75, 3.05) is 5.73 Å². The van der Waals surface area contributed by atoms with Crippen LogP contribution in [0.25, 0.3) is 22.8 Å². The number of halogens is 8. The first-order valence-corrected chi connectivity index (χ1v) is 9.43. The fraction of sp³-hybridized carbons (Fsp3) is 0.154. The molecular weight excluding hydrogens is 491 g/mol. The van der Waals surface area contributed by atoms with E-state index in [0.717, 1.165) is 0 Å². The van der Waals surface area contributed by atoms with Gasteiger partial charge in [-0.05, 0) is 6.07 Å². The smallest absolute Gasteiger partial charge is 0.397 e. The minimum absolute atomic E-state index is 0.289. The van der Waals surface area contributed by atoms with Gasteiger partial charge in [-0.2, -0.15) is 36.4 Å². The van der Waals surface area contributed by atoms with E-state index < -0.39 is 70.5 Å². The zero-order valence-corrected chi connectivity index (χ0v) is 16.1. The van der Waals surface area contributed by atoms with Crippen molar-refractivity contribution < 1.29 is 39.3 Å². The van der Waals surface area contributed by atoms with E-state index in [1.807, 2.05) is 5.10 Å². The van der Waals surface area contributed by atoms with Gasteiger partial charge in [-0.1, -0.05) is 28.4 Å². The van der Waals surface area contributed by atoms with Crippen molar-refractivity contribution in [1.29, 1.82) is 0 Å². The molecule has 0 fully saturated rings. The maximum absolute atomic E-state index is 13.3. The van der Waals surface area contributed by atoms with Crippen LogP contribution in [0.3, 0.4) is 0 Å². The van der Waals surface area contributed by atoms with E-state index in [1.54, 1.807) is 0 Å². The maximum atomic E-state index is 13.3. The van der Waals surface area contributed by atoms with Crippen LogP contribution in [0.4, 0.5) is 32.0 Å². The number of hydrogen-bond donors (Lipinski definition) is 2. The van der Waals surface area contributed by atoms with Gasteiger partial charge in [-0.25, -0.2) is 8.42 Å². The van der Waals surface area contributed by atoms with Crippen LogP contribution in [-0.4, -0.2) is 34.3 Å². The van der Waals surface area contributed by atoms with Gasteiger partial charge in [0.2, 0.25) is 12.2 Å². The number of nitrogens with zero attached hydrogens (tertiary/aromatic N) is 3. The lowest BCUT2D eigenvalue weighted by Crippen LogP contribution is -2.24. The molecule has 0 saturated carbocycles. The average molecular weight is 496 g/mol. The number of aromatic amines is 1. The number of alkyl halides is 6. The lowest BCUT2D eigenvalue weighted by molar-refractivity contribution is -0.136. The summed E-state index contributed by atoms with van der Waals surface area (Å²) in [7, 11) is -6.15. The second-order valence-corrected chi connectivity index (χ2v) is 8.15. The van der Waals surface area contributed by atoms with Gasteiger partial charge in [0.25, 0.3) is 9.84 Å².